The summed E-state index contributed by atoms with van der Waals surface area (Å²) in [6.07, 6.45) is 8.53. The minimum atomic E-state index is -1.03. The van der Waals surface area contributed by atoms with Crippen LogP contribution in [0.25, 0.3) is 0 Å². The fourth-order valence-corrected chi connectivity index (χ4v) is 2.17. The van der Waals surface area contributed by atoms with Gasteiger partial charge < -0.3 is 15.2 Å². The predicted molar refractivity (Wildman–Crippen MR) is 92.4 cm³/mol. The molecule has 0 unspecified atom stereocenters. The summed E-state index contributed by atoms with van der Waals surface area (Å²) >= 11 is 0. The van der Waals surface area contributed by atoms with Crippen molar-refractivity contribution in [2.45, 2.75) is 64.8 Å². The number of hydrogen-bond donors (Lipinski definition) is 2. The van der Waals surface area contributed by atoms with Crippen molar-refractivity contribution in [2.75, 3.05) is 6.61 Å². The first-order chi connectivity index (χ1) is 10.8. The first-order valence-corrected chi connectivity index (χ1v) is 8.20. The van der Waals surface area contributed by atoms with Crippen molar-refractivity contribution in [2.24, 2.45) is 5.41 Å². The molecule has 0 saturated carbocycles. The molecule has 0 aliphatic rings. The Kier molecular flexibility index (Phi) is 10.8. The van der Waals surface area contributed by atoms with Crippen LogP contribution < -0.4 is 5.32 Å². The molecule has 2 N–H and O–H groups in total. The summed E-state index contributed by atoms with van der Waals surface area (Å²) < 4.78 is 5.09. The molecule has 0 saturated heterocycles. The molecule has 1 atom stereocenters. The molecular weight excluding hydrogens is 294 g/mol. The summed E-state index contributed by atoms with van der Waals surface area (Å²) in [5, 5.41) is 11.6. The molecule has 23 heavy (non-hydrogen) atoms. The molecule has 1 amide bonds. The minimum absolute atomic E-state index is 0.0133. The van der Waals surface area contributed by atoms with Gasteiger partial charge in [0.25, 0.3) is 0 Å². The highest BCUT2D eigenvalue weighted by atomic mass is 16.5. The first-order valence-electron chi connectivity index (χ1n) is 8.20. The van der Waals surface area contributed by atoms with Crippen LogP contribution >= 0.6 is 0 Å². The zero-order valence-corrected chi connectivity index (χ0v) is 14.5. The van der Waals surface area contributed by atoms with Gasteiger partial charge in [0.15, 0.2) is 0 Å². The zero-order chi connectivity index (χ0) is 17.7. The standard InChI is InChI=1S/C18H31NO4/c1-5-7-8-9-10-11-15(16(20)21)19-17(22)23-14-13-18(3,4)12-6-2/h5-6,15H,1-2,7-14H2,3-4H3,(H,19,22)(H,20,21)/t15-/m0/s1. The second-order valence-electron chi connectivity index (χ2n) is 6.50. The summed E-state index contributed by atoms with van der Waals surface area (Å²) in [6.45, 7) is 11.7. The first kappa shape index (κ1) is 21.2. The summed E-state index contributed by atoms with van der Waals surface area (Å²) in [6, 6.07) is -0.896. The van der Waals surface area contributed by atoms with Crippen LogP contribution in [0.5, 0.6) is 0 Å². The van der Waals surface area contributed by atoms with Gasteiger partial charge in [0, 0.05) is 0 Å². The molecule has 5 nitrogen and oxygen atoms in total. The monoisotopic (exact) mass is 325 g/mol. The number of carbonyl (C=O) groups excluding carboxylic acids is 1. The van der Waals surface area contributed by atoms with Gasteiger partial charge in [-0.25, -0.2) is 9.59 Å². The van der Waals surface area contributed by atoms with Gasteiger partial charge >= 0.3 is 12.1 Å². The number of unbranched alkanes of at least 4 members (excludes halogenated alkanes) is 3. The lowest BCUT2D eigenvalue weighted by Crippen LogP contribution is -2.41. The lowest BCUT2D eigenvalue weighted by molar-refractivity contribution is -0.139. The van der Waals surface area contributed by atoms with E-state index in [2.05, 4.69) is 32.3 Å². The largest absolute Gasteiger partial charge is 0.480 e. The number of amides is 1. The molecular formula is C18H31NO4. The molecule has 0 fully saturated rings. The minimum Gasteiger partial charge on any atom is -0.480 e. The number of hydrogen-bond acceptors (Lipinski definition) is 3. The third kappa shape index (κ3) is 11.4. The van der Waals surface area contributed by atoms with E-state index in [4.69, 9.17) is 9.84 Å². The highest BCUT2D eigenvalue weighted by molar-refractivity contribution is 5.79. The number of aliphatic carboxylic acids is 1. The van der Waals surface area contributed by atoms with Gasteiger partial charge in [0.05, 0.1) is 6.61 Å². The van der Waals surface area contributed by atoms with E-state index in [1.165, 1.54) is 0 Å². The molecule has 5 heteroatoms. The fraction of sp³-hybridized carbons (Fsp3) is 0.667. The average molecular weight is 325 g/mol. The topological polar surface area (TPSA) is 75.6 Å². The highest BCUT2D eigenvalue weighted by Crippen LogP contribution is 2.24. The Balaban J connectivity index is 4.07. The lowest BCUT2D eigenvalue weighted by Gasteiger charge is -2.22. The average Bonchev–Trinajstić information content (AvgIpc) is 2.45. The summed E-state index contributed by atoms with van der Waals surface area (Å²) in [5.41, 5.74) is 0.0133. The van der Waals surface area contributed by atoms with Gasteiger partial charge in [0.1, 0.15) is 6.04 Å². The van der Waals surface area contributed by atoms with Crippen molar-refractivity contribution >= 4 is 12.1 Å². The van der Waals surface area contributed by atoms with Crippen molar-refractivity contribution in [1.29, 1.82) is 0 Å². The molecule has 0 rings (SSSR count). The Labute approximate surface area is 139 Å². The summed E-state index contributed by atoms with van der Waals surface area (Å²) in [7, 11) is 0. The van der Waals surface area contributed by atoms with Gasteiger partial charge in [0.2, 0.25) is 0 Å². The molecule has 0 aromatic heterocycles. The van der Waals surface area contributed by atoms with E-state index in [9.17, 15) is 9.59 Å². The Morgan fingerprint density at radius 3 is 2.48 bits per heavy atom. The number of carboxylic acid groups (broad SMARTS) is 1. The van der Waals surface area contributed by atoms with E-state index < -0.39 is 18.1 Å². The van der Waals surface area contributed by atoms with Gasteiger partial charge in [-0.1, -0.05) is 38.8 Å². The number of carbonyl (C=O) groups is 2. The maximum Gasteiger partial charge on any atom is 0.407 e. The highest BCUT2D eigenvalue weighted by Gasteiger charge is 2.21. The fourth-order valence-electron chi connectivity index (χ4n) is 2.17. The number of nitrogens with one attached hydrogen (secondary N) is 1. The maximum atomic E-state index is 11.7. The predicted octanol–water partition coefficient (Wildman–Crippen LogP) is 4.29. The summed E-state index contributed by atoms with van der Waals surface area (Å²) in [4.78, 5) is 22.9. The Bertz CT molecular complexity index is 390. The van der Waals surface area contributed by atoms with Crippen LogP contribution in [0.3, 0.4) is 0 Å². The van der Waals surface area contributed by atoms with Gasteiger partial charge in [-0.3, -0.25) is 0 Å². The molecule has 132 valence electrons. The molecule has 0 bridgehead atoms. The van der Waals surface area contributed by atoms with Crippen molar-refractivity contribution in [3.8, 4) is 0 Å². The van der Waals surface area contributed by atoms with Crippen molar-refractivity contribution in [1.82, 2.24) is 5.32 Å². The van der Waals surface area contributed by atoms with Crippen LogP contribution in [0.2, 0.25) is 0 Å². The van der Waals surface area contributed by atoms with E-state index in [-0.39, 0.29) is 12.0 Å². The van der Waals surface area contributed by atoms with Gasteiger partial charge in [-0.05, 0) is 37.5 Å². The van der Waals surface area contributed by atoms with E-state index in [0.29, 0.717) is 12.8 Å². The van der Waals surface area contributed by atoms with Crippen LogP contribution in [0.4, 0.5) is 4.79 Å². The molecule has 0 aromatic rings. The Morgan fingerprint density at radius 2 is 1.91 bits per heavy atom. The lowest BCUT2D eigenvalue weighted by atomic mass is 9.86. The molecule has 0 aromatic carbocycles. The number of alkyl carbamates (subject to hydrolysis) is 1. The summed E-state index contributed by atoms with van der Waals surface area (Å²) in [5.74, 6) is -1.03. The Hall–Kier alpha value is -1.78. The molecule has 0 aliphatic carbocycles. The van der Waals surface area contributed by atoms with Crippen molar-refractivity contribution in [3.63, 3.8) is 0 Å². The quantitative estimate of drug-likeness (QED) is 0.391. The van der Waals surface area contributed by atoms with Crippen molar-refractivity contribution < 1.29 is 19.4 Å². The van der Waals surface area contributed by atoms with E-state index >= 15 is 0 Å². The van der Waals surface area contributed by atoms with E-state index in [0.717, 1.165) is 32.1 Å². The van der Waals surface area contributed by atoms with E-state index in [1.807, 2.05) is 12.2 Å². The molecule has 0 aliphatic heterocycles. The smallest absolute Gasteiger partial charge is 0.407 e. The maximum absolute atomic E-state index is 11.7. The zero-order valence-electron chi connectivity index (χ0n) is 14.5. The molecule has 0 spiro atoms. The van der Waals surface area contributed by atoms with Gasteiger partial charge in [-0.15, -0.1) is 13.2 Å². The van der Waals surface area contributed by atoms with Crippen molar-refractivity contribution in [3.05, 3.63) is 25.3 Å². The van der Waals surface area contributed by atoms with E-state index in [1.54, 1.807) is 0 Å². The van der Waals surface area contributed by atoms with Crippen LogP contribution in [0.15, 0.2) is 25.3 Å². The second kappa shape index (κ2) is 11.7. The third-order valence-electron chi connectivity index (χ3n) is 3.70. The second-order valence-corrected chi connectivity index (χ2v) is 6.50. The number of rotatable bonds is 13. The number of allylic oxidation sites excluding steroid dienone is 2. The third-order valence-corrected chi connectivity index (χ3v) is 3.70. The van der Waals surface area contributed by atoms with Gasteiger partial charge in [-0.2, -0.15) is 0 Å². The van der Waals surface area contributed by atoms with Crippen LogP contribution in [0.1, 0.15) is 58.8 Å². The number of ether oxygens (including phenoxy) is 1. The van der Waals surface area contributed by atoms with Crippen LogP contribution in [-0.4, -0.2) is 29.8 Å². The molecule has 0 heterocycles. The normalized spacial score (nSPS) is 12.3. The SMILES string of the molecule is C=CCCCCC[C@H](NC(=O)OCCC(C)(C)CC=C)C(=O)O. The Morgan fingerprint density at radius 1 is 1.22 bits per heavy atom. The van der Waals surface area contributed by atoms with Crippen LogP contribution in [0, 0.1) is 5.41 Å². The number of carboxylic acids is 1. The van der Waals surface area contributed by atoms with Crippen LogP contribution in [-0.2, 0) is 9.53 Å². The molecule has 0 radical (unpaired) electrons.